The fourth-order valence-corrected chi connectivity index (χ4v) is 3.16. The van der Waals surface area contributed by atoms with Gasteiger partial charge in [0.15, 0.2) is 0 Å². The number of carboxylic acids is 1. The molecule has 2 N–H and O–H groups in total. The van der Waals surface area contributed by atoms with Gasteiger partial charge in [-0.15, -0.1) is 0 Å². The molecular formula is C13H17BrN2O3. The van der Waals surface area contributed by atoms with Crippen molar-refractivity contribution in [1.82, 2.24) is 9.88 Å². The van der Waals surface area contributed by atoms with E-state index in [1.54, 1.807) is 12.3 Å². The van der Waals surface area contributed by atoms with Crippen molar-refractivity contribution in [3.63, 3.8) is 0 Å². The Labute approximate surface area is 120 Å². The number of hydrogen-bond donors (Lipinski definition) is 2. The van der Waals surface area contributed by atoms with Gasteiger partial charge in [0.1, 0.15) is 11.2 Å². The summed E-state index contributed by atoms with van der Waals surface area (Å²) in [5, 5.41) is 9.55. The van der Waals surface area contributed by atoms with Crippen LogP contribution in [0.15, 0.2) is 16.7 Å². The van der Waals surface area contributed by atoms with Crippen molar-refractivity contribution < 1.29 is 14.7 Å². The summed E-state index contributed by atoms with van der Waals surface area (Å²) >= 11 is 3.28. The topological polar surface area (TPSA) is 73.4 Å². The molecule has 1 unspecified atom stereocenters. The molecule has 1 aliphatic rings. The molecule has 104 valence electrons. The largest absolute Gasteiger partial charge is 0.479 e. The maximum absolute atomic E-state index is 12.5. The van der Waals surface area contributed by atoms with Crippen LogP contribution in [0.5, 0.6) is 0 Å². The number of carbonyl (C=O) groups excluding carboxylic acids is 1. The van der Waals surface area contributed by atoms with Gasteiger partial charge in [-0.3, -0.25) is 4.79 Å². The van der Waals surface area contributed by atoms with Crippen LogP contribution in [0.4, 0.5) is 0 Å². The Hall–Kier alpha value is -1.30. The van der Waals surface area contributed by atoms with Gasteiger partial charge in [0.25, 0.3) is 5.91 Å². The summed E-state index contributed by atoms with van der Waals surface area (Å²) in [7, 11) is 0. The zero-order valence-electron chi connectivity index (χ0n) is 10.8. The molecule has 0 aliphatic carbocycles. The number of carboxylic acid groups (broad SMARTS) is 1. The third-order valence-electron chi connectivity index (χ3n) is 3.67. The van der Waals surface area contributed by atoms with Gasteiger partial charge in [0.2, 0.25) is 0 Å². The van der Waals surface area contributed by atoms with E-state index in [9.17, 15) is 14.7 Å². The second kappa shape index (κ2) is 5.36. The number of halogens is 1. The predicted octanol–water partition coefficient (Wildman–Crippen LogP) is 2.64. The zero-order chi connectivity index (χ0) is 14.0. The molecule has 0 bridgehead atoms. The number of carbonyl (C=O) groups is 2. The number of aliphatic carboxylic acids is 1. The summed E-state index contributed by atoms with van der Waals surface area (Å²) in [6.07, 6.45) is 4.18. The van der Waals surface area contributed by atoms with Gasteiger partial charge in [0.05, 0.1) is 0 Å². The standard InChI is InChI=1S/C13H17BrN2O3/c1-2-4-13(12(18)19)5-3-6-16(13)11(17)10-7-9(14)8-15-10/h7-8,15H,2-6H2,1H3,(H,18,19). The Morgan fingerprint density at radius 1 is 1.58 bits per heavy atom. The minimum absolute atomic E-state index is 0.237. The summed E-state index contributed by atoms with van der Waals surface area (Å²) in [4.78, 5) is 28.5. The Bertz CT molecular complexity index is 500. The Morgan fingerprint density at radius 3 is 2.84 bits per heavy atom. The highest BCUT2D eigenvalue weighted by Crippen LogP contribution is 2.35. The lowest BCUT2D eigenvalue weighted by atomic mass is 9.90. The quantitative estimate of drug-likeness (QED) is 0.892. The maximum atomic E-state index is 12.5. The van der Waals surface area contributed by atoms with E-state index in [0.29, 0.717) is 25.1 Å². The number of rotatable bonds is 4. The highest BCUT2D eigenvalue weighted by atomic mass is 79.9. The van der Waals surface area contributed by atoms with Crippen molar-refractivity contribution >= 4 is 27.8 Å². The maximum Gasteiger partial charge on any atom is 0.329 e. The van der Waals surface area contributed by atoms with Gasteiger partial charge in [-0.1, -0.05) is 13.3 Å². The average Bonchev–Trinajstić information content (AvgIpc) is 2.96. The summed E-state index contributed by atoms with van der Waals surface area (Å²) in [5.41, 5.74) is -0.612. The molecule has 0 aromatic carbocycles. The molecule has 1 aliphatic heterocycles. The molecule has 1 aromatic rings. The molecule has 1 amide bonds. The molecule has 1 aromatic heterocycles. The first-order valence-electron chi connectivity index (χ1n) is 6.40. The molecule has 19 heavy (non-hydrogen) atoms. The third-order valence-corrected chi connectivity index (χ3v) is 4.13. The predicted molar refractivity (Wildman–Crippen MR) is 74.0 cm³/mol. The highest BCUT2D eigenvalue weighted by Gasteiger charge is 2.49. The lowest BCUT2D eigenvalue weighted by Crippen LogP contribution is -2.53. The van der Waals surface area contributed by atoms with E-state index >= 15 is 0 Å². The van der Waals surface area contributed by atoms with Crippen LogP contribution in [0.25, 0.3) is 0 Å². The van der Waals surface area contributed by atoms with Gasteiger partial charge >= 0.3 is 5.97 Å². The van der Waals surface area contributed by atoms with Crippen LogP contribution in [0.3, 0.4) is 0 Å². The van der Waals surface area contributed by atoms with Crippen LogP contribution in [-0.2, 0) is 4.79 Å². The fraction of sp³-hybridized carbons (Fsp3) is 0.538. The van der Waals surface area contributed by atoms with Crippen LogP contribution in [0.2, 0.25) is 0 Å². The first kappa shape index (κ1) is 14.1. The van der Waals surface area contributed by atoms with E-state index < -0.39 is 11.5 Å². The molecular weight excluding hydrogens is 312 g/mol. The van der Waals surface area contributed by atoms with Crippen molar-refractivity contribution in [2.45, 2.75) is 38.1 Å². The number of hydrogen-bond acceptors (Lipinski definition) is 2. The lowest BCUT2D eigenvalue weighted by molar-refractivity contribution is -0.148. The van der Waals surface area contributed by atoms with Crippen LogP contribution in [0, 0.1) is 0 Å². The number of nitrogens with zero attached hydrogens (tertiary/aromatic N) is 1. The average molecular weight is 329 g/mol. The number of amides is 1. The number of H-pyrrole nitrogens is 1. The van der Waals surface area contributed by atoms with Crippen LogP contribution in [-0.4, -0.2) is 39.0 Å². The number of aromatic nitrogens is 1. The fourth-order valence-electron chi connectivity index (χ4n) is 2.81. The van der Waals surface area contributed by atoms with E-state index in [-0.39, 0.29) is 5.91 Å². The van der Waals surface area contributed by atoms with E-state index in [0.717, 1.165) is 17.3 Å². The van der Waals surface area contributed by atoms with Crippen molar-refractivity contribution in [2.75, 3.05) is 6.54 Å². The van der Waals surface area contributed by atoms with Crippen molar-refractivity contribution in [2.24, 2.45) is 0 Å². The molecule has 0 radical (unpaired) electrons. The number of nitrogens with one attached hydrogen (secondary N) is 1. The second-order valence-corrected chi connectivity index (χ2v) is 5.79. The number of aromatic amines is 1. The SMILES string of the molecule is CCCC1(C(=O)O)CCCN1C(=O)c1cc(Br)c[nH]1. The second-order valence-electron chi connectivity index (χ2n) is 4.88. The van der Waals surface area contributed by atoms with Gasteiger partial charge < -0.3 is 15.0 Å². The minimum atomic E-state index is -1.04. The van der Waals surface area contributed by atoms with Gasteiger partial charge in [-0.25, -0.2) is 4.79 Å². The molecule has 0 spiro atoms. The van der Waals surface area contributed by atoms with E-state index in [4.69, 9.17) is 0 Å². The van der Waals surface area contributed by atoms with E-state index in [1.165, 1.54) is 4.90 Å². The molecule has 5 nitrogen and oxygen atoms in total. The molecule has 0 saturated carbocycles. The highest BCUT2D eigenvalue weighted by molar-refractivity contribution is 9.10. The Kier molecular flexibility index (Phi) is 3.99. The van der Waals surface area contributed by atoms with Crippen LogP contribution < -0.4 is 0 Å². The van der Waals surface area contributed by atoms with Crippen LogP contribution >= 0.6 is 15.9 Å². The normalized spacial score (nSPS) is 22.7. The van der Waals surface area contributed by atoms with Gasteiger partial charge in [-0.05, 0) is 41.3 Å². The summed E-state index contributed by atoms with van der Waals surface area (Å²) in [6, 6.07) is 1.68. The monoisotopic (exact) mass is 328 g/mol. The van der Waals surface area contributed by atoms with E-state index in [1.807, 2.05) is 6.92 Å². The first-order valence-corrected chi connectivity index (χ1v) is 7.20. The minimum Gasteiger partial charge on any atom is -0.479 e. The van der Waals surface area contributed by atoms with Crippen molar-refractivity contribution in [1.29, 1.82) is 0 Å². The third kappa shape index (κ3) is 2.41. The molecule has 1 fully saturated rings. The molecule has 2 rings (SSSR count). The smallest absolute Gasteiger partial charge is 0.329 e. The van der Waals surface area contributed by atoms with Gasteiger partial charge in [-0.2, -0.15) is 0 Å². The summed E-state index contributed by atoms with van der Waals surface area (Å²) < 4.78 is 0.784. The zero-order valence-corrected chi connectivity index (χ0v) is 12.4. The summed E-state index contributed by atoms with van der Waals surface area (Å²) in [6.45, 7) is 2.44. The van der Waals surface area contributed by atoms with Crippen molar-refractivity contribution in [3.8, 4) is 0 Å². The van der Waals surface area contributed by atoms with Crippen molar-refractivity contribution in [3.05, 3.63) is 22.4 Å². The summed E-state index contributed by atoms with van der Waals surface area (Å²) in [5.74, 6) is -1.13. The van der Waals surface area contributed by atoms with Crippen LogP contribution in [0.1, 0.15) is 43.1 Å². The molecule has 2 heterocycles. The molecule has 6 heteroatoms. The Balaban J connectivity index is 2.31. The Morgan fingerprint density at radius 2 is 2.32 bits per heavy atom. The number of likely N-dealkylation sites (tertiary alicyclic amines) is 1. The van der Waals surface area contributed by atoms with E-state index in [2.05, 4.69) is 20.9 Å². The first-order chi connectivity index (χ1) is 9.01. The van der Waals surface area contributed by atoms with Gasteiger partial charge in [0, 0.05) is 17.2 Å². The lowest BCUT2D eigenvalue weighted by Gasteiger charge is -2.34. The molecule has 1 atom stereocenters. The molecule has 1 saturated heterocycles.